The number of fused-ring (bicyclic) bond motifs is 1. The number of anilines is 2. The number of benzene rings is 1. The van der Waals surface area contributed by atoms with Crippen molar-refractivity contribution < 1.29 is 0 Å². The van der Waals surface area contributed by atoms with Crippen molar-refractivity contribution in [1.82, 2.24) is 9.97 Å². The highest BCUT2D eigenvalue weighted by Crippen LogP contribution is 2.27. The van der Waals surface area contributed by atoms with E-state index in [-0.39, 0.29) is 0 Å². The minimum atomic E-state index is 0.540. The Hall–Kier alpha value is -1.84. The average Bonchev–Trinajstić information content (AvgIpc) is 2.75. The van der Waals surface area contributed by atoms with E-state index in [4.69, 9.17) is 5.73 Å². The zero-order chi connectivity index (χ0) is 11.8. The minimum absolute atomic E-state index is 0.540. The SMILES string of the molecule is CC1CCN(c2nc3ccccc3nc2N)C1. The number of hydrogen-bond acceptors (Lipinski definition) is 4. The van der Waals surface area contributed by atoms with E-state index in [1.807, 2.05) is 24.3 Å². The molecule has 4 heteroatoms. The van der Waals surface area contributed by atoms with E-state index in [1.165, 1.54) is 6.42 Å². The third-order valence-corrected chi connectivity index (χ3v) is 3.30. The van der Waals surface area contributed by atoms with E-state index >= 15 is 0 Å². The first-order chi connectivity index (χ1) is 8.24. The molecule has 4 nitrogen and oxygen atoms in total. The molecular weight excluding hydrogens is 212 g/mol. The first-order valence-electron chi connectivity index (χ1n) is 6.01. The minimum Gasteiger partial charge on any atom is -0.381 e. The monoisotopic (exact) mass is 228 g/mol. The van der Waals surface area contributed by atoms with E-state index in [9.17, 15) is 0 Å². The van der Waals surface area contributed by atoms with Crippen LogP contribution in [0.15, 0.2) is 24.3 Å². The summed E-state index contributed by atoms with van der Waals surface area (Å²) < 4.78 is 0. The van der Waals surface area contributed by atoms with Crippen LogP contribution in [0.5, 0.6) is 0 Å². The number of hydrogen-bond donors (Lipinski definition) is 1. The number of rotatable bonds is 1. The Bertz CT molecular complexity index is 552. The number of para-hydroxylation sites is 2. The van der Waals surface area contributed by atoms with Crippen molar-refractivity contribution in [3.05, 3.63) is 24.3 Å². The van der Waals surface area contributed by atoms with Crippen LogP contribution in [0.25, 0.3) is 11.0 Å². The van der Waals surface area contributed by atoms with Gasteiger partial charge in [0.25, 0.3) is 0 Å². The molecule has 1 aliphatic heterocycles. The Morgan fingerprint density at radius 2 is 1.94 bits per heavy atom. The molecule has 2 N–H and O–H groups in total. The predicted octanol–water partition coefficient (Wildman–Crippen LogP) is 2.06. The van der Waals surface area contributed by atoms with E-state index in [0.29, 0.717) is 11.7 Å². The van der Waals surface area contributed by atoms with E-state index in [0.717, 1.165) is 29.9 Å². The van der Waals surface area contributed by atoms with Gasteiger partial charge in [-0.25, -0.2) is 9.97 Å². The first-order valence-corrected chi connectivity index (χ1v) is 6.01. The summed E-state index contributed by atoms with van der Waals surface area (Å²) in [6.45, 7) is 4.31. The molecule has 1 unspecified atom stereocenters. The normalized spacial score (nSPS) is 20.1. The second kappa shape index (κ2) is 3.87. The summed E-state index contributed by atoms with van der Waals surface area (Å²) in [7, 11) is 0. The van der Waals surface area contributed by atoms with Crippen molar-refractivity contribution in [3.63, 3.8) is 0 Å². The molecule has 1 aromatic heterocycles. The number of aromatic nitrogens is 2. The lowest BCUT2D eigenvalue weighted by molar-refractivity contribution is 0.659. The largest absolute Gasteiger partial charge is 0.381 e. The molecule has 3 rings (SSSR count). The van der Waals surface area contributed by atoms with Crippen LogP contribution in [-0.4, -0.2) is 23.1 Å². The summed E-state index contributed by atoms with van der Waals surface area (Å²) in [5.74, 6) is 2.09. The highest BCUT2D eigenvalue weighted by Gasteiger charge is 2.22. The zero-order valence-corrected chi connectivity index (χ0v) is 9.93. The fourth-order valence-corrected chi connectivity index (χ4v) is 2.36. The van der Waals surface area contributed by atoms with Crippen LogP contribution >= 0.6 is 0 Å². The number of nitrogen functional groups attached to an aromatic ring is 1. The highest BCUT2D eigenvalue weighted by molar-refractivity contribution is 5.79. The Kier molecular flexibility index (Phi) is 2.35. The summed E-state index contributed by atoms with van der Waals surface area (Å²) in [5, 5.41) is 0. The average molecular weight is 228 g/mol. The van der Waals surface area contributed by atoms with Crippen molar-refractivity contribution in [3.8, 4) is 0 Å². The molecule has 2 aromatic rings. The molecular formula is C13H16N4. The predicted molar refractivity (Wildman–Crippen MR) is 69.9 cm³/mol. The summed E-state index contributed by atoms with van der Waals surface area (Å²) in [4.78, 5) is 11.3. The number of nitrogens with two attached hydrogens (primary N) is 1. The van der Waals surface area contributed by atoms with Crippen LogP contribution in [0, 0.1) is 5.92 Å². The van der Waals surface area contributed by atoms with Gasteiger partial charge in [-0.3, -0.25) is 0 Å². The zero-order valence-electron chi connectivity index (χ0n) is 9.93. The van der Waals surface area contributed by atoms with Crippen molar-refractivity contribution in [2.75, 3.05) is 23.7 Å². The van der Waals surface area contributed by atoms with Crippen LogP contribution in [-0.2, 0) is 0 Å². The smallest absolute Gasteiger partial charge is 0.172 e. The van der Waals surface area contributed by atoms with Crippen molar-refractivity contribution in [1.29, 1.82) is 0 Å². The molecule has 1 aliphatic rings. The lowest BCUT2D eigenvalue weighted by Crippen LogP contribution is -2.22. The summed E-state index contributed by atoms with van der Waals surface area (Å²) in [6.07, 6.45) is 1.20. The summed E-state index contributed by atoms with van der Waals surface area (Å²) >= 11 is 0. The Morgan fingerprint density at radius 1 is 1.24 bits per heavy atom. The van der Waals surface area contributed by atoms with Crippen molar-refractivity contribution in [2.24, 2.45) is 5.92 Å². The van der Waals surface area contributed by atoms with Crippen LogP contribution in [0.3, 0.4) is 0 Å². The van der Waals surface area contributed by atoms with Gasteiger partial charge in [-0.05, 0) is 24.5 Å². The van der Waals surface area contributed by atoms with Gasteiger partial charge < -0.3 is 10.6 Å². The van der Waals surface area contributed by atoms with E-state index in [2.05, 4.69) is 21.8 Å². The van der Waals surface area contributed by atoms with E-state index < -0.39 is 0 Å². The molecule has 0 bridgehead atoms. The molecule has 0 saturated carbocycles. The van der Waals surface area contributed by atoms with Gasteiger partial charge in [0.2, 0.25) is 0 Å². The standard InChI is InChI=1S/C13H16N4/c1-9-6-7-17(8-9)13-12(14)15-10-4-2-3-5-11(10)16-13/h2-5,9H,6-8H2,1H3,(H2,14,15). The molecule has 0 spiro atoms. The second-order valence-corrected chi connectivity index (χ2v) is 4.76. The van der Waals surface area contributed by atoms with Crippen LogP contribution < -0.4 is 10.6 Å². The molecule has 88 valence electrons. The first kappa shape index (κ1) is 10.3. The van der Waals surface area contributed by atoms with Gasteiger partial charge in [0.15, 0.2) is 11.6 Å². The van der Waals surface area contributed by atoms with Crippen molar-refractivity contribution in [2.45, 2.75) is 13.3 Å². The van der Waals surface area contributed by atoms with Gasteiger partial charge in [0, 0.05) is 13.1 Å². The molecule has 2 heterocycles. The van der Waals surface area contributed by atoms with Gasteiger partial charge in [0.1, 0.15) is 0 Å². The summed E-state index contributed by atoms with van der Waals surface area (Å²) in [6, 6.07) is 7.84. The van der Waals surface area contributed by atoms with Gasteiger partial charge >= 0.3 is 0 Å². The molecule has 1 fully saturated rings. The lowest BCUT2D eigenvalue weighted by atomic mass is 10.2. The third kappa shape index (κ3) is 1.79. The Morgan fingerprint density at radius 3 is 2.59 bits per heavy atom. The topological polar surface area (TPSA) is 55.0 Å². The fraction of sp³-hybridized carbons (Fsp3) is 0.385. The van der Waals surface area contributed by atoms with Gasteiger partial charge in [-0.2, -0.15) is 0 Å². The van der Waals surface area contributed by atoms with Gasteiger partial charge in [-0.1, -0.05) is 19.1 Å². The van der Waals surface area contributed by atoms with Gasteiger partial charge in [0.05, 0.1) is 11.0 Å². The summed E-state index contributed by atoms with van der Waals surface area (Å²) in [5.41, 5.74) is 7.77. The van der Waals surface area contributed by atoms with Gasteiger partial charge in [-0.15, -0.1) is 0 Å². The molecule has 0 amide bonds. The maximum absolute atomic E-state index is 6.00. The third-order valence-electron chi connectivity index (χ3n) is 3.30. The van der Waals surface area contributed by atoms with Crippen LogP contribution in [0.1, 0.15) is 13.3 Å². The highest BCUT2D eigenvalue weighted by atomic mass is 15.2. The van der Waals surface area contributed by atoms with E-state index in [1.54, 1.807) is 0 Å². The molecule has 0 radical (unpaired) electrons. The Balaban J connectivity index is 2.07. The number of nitrogens with zero attached hydrogens (tertiary/aromatic N) is 3. The second-order valence-electron chi connectivity index (χ2n) is 4.76. The molecule has 1 saturated heterocycles. The fourth-order valence-electron chi connectivity index (χ4n) is 2.36. The molecule has 0 aliphatic carbocycles. The maximum Gasteiger partial charge on any atom is 0.172 e. The van der Waals surface area contributed by atoms with Crippen LogP contribution in [0.4, 0.5) is 11.6 Å². The molecule has 1 atom stereocenters. The molecule has 17 heavy (non-hydrogen) atoms. The van der Waals surface area contributed by atoms with Crippen LogP contribution in [0.2, 0.25) is 0 Å². The maximum atomic E-state index is 6.00. The lowest BCUT2D eigenvalue weighted by Gasteiger charge is -2.18. The van der Waals surface area contributed by atoms with Crippen molar-refractivity contribution >= 4 is 22.7 Å². The Labute approximate surface area is 100 Å². The molecule has 1 aromatic carbocycles. The quantitative estimate of drug-likeness (QED) is 0.811.